The van der Waals surface area contributed by atoms with Crippen molar-refractivity contribution >= 4 is 28.8 Å². The van der Waals surface area contributed by atoms with Gasteiger partial charge in [0.2, 0.25) is 5.91 Å². The Hall–Kier alpha value is -1.46. The van der Waals surface area contributed by atoms with E-state index in [4.69, 9.17) is 18.0 Å². The highest BCUT2D eigenvalue weighted by Crippen LogP contribution is 2.38. The Morgan fingerprint density at radius 3 is 2.62 bits per heavy atom. The summed E-state index contributed by atoms with van der Waals surface area (Å²) in [6.45, 7) is 3.07. The van der Waals surface area contributed by atoms with E-state index in [1.165, 1.54) is 19.3 Å². The zero-order chi connectivity index (χ0) is 15.0. The molecule has 0 aromatic heterocycles. The summed E-state index contributed by atoms with van der Waals surface area (Å²) >= 11 is 4.92. The number of rotatable bonds is 4. The van der Waals surface area contributed by atoms with Crippen molar-refractivity contribution in [3.63, 3.8) is 0 Å². The van der Waals surface area contributed by atoms with Gasteiger partial charge in [-0.3, -0.25) is 9.69 Å². The van der Waals surface area contributed by atoms with Crippen LogP contribution in [0, 0.1) is 5.92 Å². The number of hydrogen-bond acceptors (Lipinski definition) is 3. The molecule has 1 heterocycles. The molecule has 3 rings (SSSR count). The van der Waals surface area contributed by atoms with Crippen LogP contribution in [-0.4, -0.2) is 34.4 Å². The lowest BCUT2D eigenvalue weighted by Crippen LogP contribution is -2.46. The third-order valence-corrected chi connectivity index (χ3v) is 5.00. The van der Waals surface area contributed by atoms with Gasteiger partial charge in [0.05, 0.1) is 6.04 Å². The van der Waals surface area contributed by atoms with Gasteiger partial charge in [0.25, 0.3) is 0 Å². The van der Waals surface area contributed by atoms with Crippen molar-refractivity contribution in [2.24, 2.45) is 11.7 Å². The van der Waals surface area contributed by atoms with Gasteiger partial charge in [0.1, 0.15) is 4.99 Å². The van der Waals surface area contributed by atoms with Crippen molar-refractivity contribution in [1.82, 2.24) is 4.90 Å². The maximum Gasteiger partial charge on any atom is 0.241 e. The van der Waals surface area contributed by atoms with E-state index in [-0.39, 0.29) is 11.9 Å². The third kappa shape index (κ3) is 2.94. The maximum absolute atomic E-state index is 12.4. The Kier molecular flexibility index (Phi) is 3.95. The van der Waals surface area contributed by atoms with Crippen LogP contribution in [0.5, 0.6) is 0 Å². The molecule has 1 saturated heterocycles. The first-order valence-electron chi connectivity index (χ1n) is 7.51. The van der Waals surface area contributed by atoms with Crippen LogP contribution >= 0.6 is 12.2 Å². The van der Waals surface area contributed by atoms with Gasteiger partial charge in [-0.2, -0.15) is 0 Å². The number of nitrogens with one attached hydrogen (secondary N) is 1. The topological polar surface area (TPSA) is 58.4 Å². The molecule has 1 aromatic carbocycles. The highest BCUT2D eigenvalue weighted by Gasteiger charge is 2.41. The van der Waals surface area contributed by atoms with E-state index < -0.39 is 0 Å². The minimum absolute atomic E-state index is 0.0608. The van der Waals surface area contributed by atoms with Crippen LogP contribution in [-0.2, 0) is 4.79 Å². The molecule has 3 N–H and O–H groups in total. The third-order valence-electron chi connectivity index (χ3n) is 4.77. The first-order valence-corrected chi connectivity index (χ1v) is 7.92. The summed E-state index contributed by atoms with van der Waals surface area (Å²) in [5.41, 5.74) is 7.17. The monoisotopic (exact) mass is 303 g/mol. The first kappa shape index (κ1) is 14.5. The van der Waals surface area contributed by atoms with Crippen LogP contribution in [0.1, 0.15) is 31.7 Å². The Bertz CT molecular complexity index is 557. The van der Waals surface area contributed by atoms with Gasteiger partial charge in [-0.05, 0) is 56.4 Å². The Morgan fingerprint density at radius 2 is 2.10 bits per heavy atom. The second-order valence-electron chi connectivity index (χ2n) is 6.14. The number of hydrogen-bond donors (Lipinski definition) is 2. The summed E-state index contributed by atoms with van der Waals surface area (Å²) in [5, 5.41) is 2.98. The van der Waals surface area contributed by atoms with Crippen molar-refractivity contribution in [1.29, 1.82) is 0 Å². The van der Waals surface area contributed by atoms with Crippen molar-refractivity contribution < 1.29 is 4.79 Å². The van der Waals surface area contributed by atoms with E-state index >= 15 is 0 Å². The Labute approximate surface area is 130 Å². The molecule has 3 atom stereocenters. The fourth-order valence-electron chi connectivity index (χ4n) is 3.55. The second kappa shape index (κ2) is 5.73. The van der Waals surface area contributed by atoms with Crippen molar-refractivity contribution in [2.45, 2.75) is 38.3 Å². The van der Waals surface area contributed by atoms with E-state index in [0.29, 0.717) is 11.0 Å². The molecule has 1 aromatic rings. The Morgan fingerprint density at radius 1 is 1.38 bits per heavy atom. The number of nitrogens with two attached hydrogens (primary N) is 1. The van der Waals surface area contributed by atoms with Crippen LogP contribution in [0.3, 0.4) is 0 Å². The fraction of sp³-hybridized carbons (Fsp3) is 0.500. The molecular formula is C16H21N3OS. The number of carbonyl (C=O) groups is 1. The van der Waals surface area contributed by atoms with Crippen molar-refractivity contribution in [2.75, 3.05) is 11.9 Å². The minimum Gasteiger partial charge on any atom is -0.389 e. The number of benzene rings is 1. The average molecular weight is 303 g/mol. The van der Waals surface area contributed by atoms with Gasteiger partial charge in [0.15, 0.2) is 0 Å². The van der Waals surface area contributed by atoms with Crippen LogP contribution in [0.4, 0.5) is 5.69 Å². The van der Waals surface area contributed by atoms with E-state index in [1.54, 1.807) is 0 Å². The van der Waals surface area contributed by atoms with Crippen LogP contribution in [0.15, 0.2) is 24.3 Å². The van der Waals surface area contributed by atoms with Gasteiger partial charge in [-0.25, -0.2) is 0 Å². The van der Waals surface area contributed by atoms with Gasteiger partial charge in [0, 0.05) is 23.8 Å². The minimum atomic E-state index is -0.0736. The molecule has 2 bridgehead atoms. The lowest BCUT2D eigenvalue weighted by molar-refractivity contribution is -0.121. The first-order chi connectivity index (χ1) is 10.0. The number of nitrogens with zero attached hydrogens (tertiary/aromatic N) is 1. The molecule has 21 heavy (non-hydrogen) atoms. The number of amides is 1. The molecule has 1 saturated carbocycles. The SMILES string of the molecule is CC(C(=O)Nc1ccc(C(N)=S)cc1)N1CC2CCC1C2. The van der Waals surface area contributed by atoms with Gasteiger partial charge >= 0.3 is 0 Å². The summed E-state index contributed by atoms with van der Waals surface area (Å²) in [6.07, 6.45) is 3.83. The van der Waals surface area contributed by atoms with Gasteiger partial charge in [-0.15, -0.1) is 0 Å². The van der Waals surface area contributed by atoms with E-state index in [1.807, 2.05) is 31.2 Å². The van der Waals surface area contributed by atoms with Crippen molar-refractivity contribution in [3.8, 4) is 0 Å². The van der Waals surface area contributed by atoms with E-state index in [0.717, 1.165) is 23.7 Å². The molecule has 1 aliphatic heterocycles. The molecule has 1 aliphatic carbocycles. The molecule has 1 amide bonds. The summed E-state index contributed by atoms with van der Waals surface area (Å²) < 4.78 is 0. The van der Waals surface area contributed by atoms with Crippen LogP contribution < -0.4 is 11.1 Å². The predicted molar refractivity (Wildman–Crippen MR) is 88.3 cm³/mol. The number of fused-ring (bicyclic) bond motifs is 2. The molecule has 0 radical (unpaired) electrons. The molecule has 112 valence electrons. The fourth-order valence-corrected chi connectivity index (χ4v) is 3.69. The largest absolute Gasteiger partial charge is 0.389 e. The smallest absolute Gasteiger partial charge is 0.241 e. The zero-order valence-corrected chi connectivity index (χ0v) is 13.0. The number of anilines is 1. The number of carbonyl (C=O) groups excluding carboxylic acids is 1. The lowest BCUT2D eigenvalue weighted by Gasteiger charge is -2.31. The van der Waals surface area contributed by atoms with Gasteiger partial charge in [-0.1, -0.05) is 12.2 Å². The van der Waals surface area contributed by atoms with E-state index in [2.05, 4.69) is 10.2 Å². The Balaban J connectivity index is 1.61. The molecule has 4 nitrogen and oxygen atoms in total. The zero-order valence-electron chi connectivity index (χ0n) is 12.2. The summed E-state index contributed by atoms with van der Waals surface area (Å²) in [4.78, 5) is 15.1. The predicted octanol–water partition coefficient (Wildman–Crippen LogP) is 2.13. The highest BCUT2D eigenvalue weighted by atomic mass is 32.1. The van der Waals surface area contributed by atoms with Crippen molar-refractivity contribution in [3.05, 3.63) is 29.8 Å². The molecule has 2 aliphatic rings. The standard InChI is InChI=1S/C16H21N3OS/c1-10(19-9-11-2-7-14(19)8-11)16(20)18-13-5-3-12(4-6-13)15(17)21/h3-6,10-11,14H,2,7-9H2,1H3,(H2,17,21)(H,18,20). The van der Waals surface area contributed by atoms with E-state index in [9.17, 15) is 4.79 Å². The molecule has 3 unspecified atom stereocenters. The number of likely N-dealkylation sites (tertiary alicyclic amines) is 1. The lowest BCUT2D eigenvalue weighted by atomic mass is 10.1. The average Bonchev–Trinajstić information content (AvgIpc) is 3.09. The molecular weight excluding hydrogens is 282 g/mol. The molecule has 0 spiro atoms. The van der Waals surface area contributed by atoms with Crippen LogP contribution in [0.25, 0.3) is 0 Å². The maximum atomic E-state index is 12.4. The van der Waals surface area contributed by atoms with Crippen LogP contribution in [0.2, 0.25) is 0 Å². The number of thiocarbonyl (C=S) groups is 1. The summed E-state index contributed by atoms with van der Waals surface area (Å²) in [7, 11) is 0. The van der Waals surface area contributed by atoms with Gasteiger partial charge < -0.3 is 11.1 Å². The quantitative estimate of drug-likeness (QED) is 0.837. The summed E-state index contributed by atoms with van der Waals surface area (Å²) in [5.74, 6) is 0.862. The summed E-state index contributed by atoms with van der Waals surface area (Å²) in [6, 6.07) is 7.88. The second-order valence-corrected chi connectivity index (χ2v) is 6.58. The normalized spacial score (nSPS) is 25.8. The molecule has 5 heteroatoms. The molecule has 2 fully saturated rings. The number of piperidine rings is 1. The highest BCUT2D eigenvalue weighted by molar-refractivity contribution is 7.80.